The summed E-state index contributed by atoms with van der Waals surface area (Å²) in [6, 6.07) is 0.335. The second-order valence-corrected chi connectivity index (χ2v) is 4.76. The predicted molar refractivity (Wildman–Crippen MR) is 62.7 cm³/mol. The Labute approximate surface area is 93.2 Å². The van der Waals surface area contributed by atoms with Gasteiger partial charge in [-0.1, -0.05) is 6.92 Å². The van der Waals surface area contributed by atoms with Crippen LogP contribution in [0.2, 0.25) is 0 Å². The van der Waals surface area contributed by atoms with Crippen LogP contribution in [0.1, 0.15) is 40.0 Å². The first-order valence-corrected chi connectivity index (χ1v) is 6.15. The summed E-state index contributed by atoms with van der Waals surface area (Å²) in [7, 11) is 0. The largest absolute Gasteiger partial charge is 0.339 e. The Hall–Kier alpha value is -0.570. The molecule has 0 saturated heterocycles. The lowest BCUT2D eigenvalue weighted by molar-refractivity contribution is -0.132. The van der Waals surface area contributed by atoms with Crippen molar-refractivity contribution in [2.24, 2.45) is 5.92 Å². The summed E-state index contributed by atoms with van der Waals surface area (Å²) in [6.07, 6.45) is 3.69. The van der Waals surface area contributed by atoms with Crippen LogP contribution in [0.5, 0.6) is 0 Å². The van der Waals surface area contributed by atoms with E-state index >= 15 is 0 Å². The van der Waals surface area contributed by atoms with Gasteiger partial charge in [0.05, 0.1) is 6.54 Å². The third kappa shape index (κ3) is 4.65. The summed E-state index contributed by atoms with van der Waals surface area (Å²) in [5, 5.41) is 3.17. The molecule has 0 aromatic heterocycles. The van der Waals surface area contributed by atoms with Crippen molar-refractivity contribution in [1.29, 1.82) is 0 Å². The SMILES string of the molecule is CCCNCC(=O)N(CC1CC1)C(C)C. The highest BCUT2D eigenvalue weighted by Gasteiger charge is 2.27. The van der Waals surface area contributed by atoms with Gasteiger partial charge in [-0.05, 0) is 45.6 Å². The second kappa shape index (κ2) is 6.11. The highest BCUT2D eigenvalue weighted by Crippen LogP contribution is 2.30. The maximum absolute atomic E-state index is 11.9. The van der Waals surface area contributed by atoms with E-state index in [0.29, 0.717) is 12.6 Å². The molecule has 1 rings (SSSR count). The predicted octanol–water partition coefficient (Wildman–Crippen LogP) is 1.63. The molecule has 1 N–H and O–H groups in total. The van der Waals surface area contributed by atoms with Crippen LogP contribution in [0.25, 0.3) is 0 Å². The fraction of sp³-hybridized carbons (Fsp3) is 0.917. The van der Waals surface area contributed by atoms with Crippen LogP contribution < -0.4 is 5.32 Å². The minimum absolute atomic E-state index is 0.255. The molecule has 0 unspecified atom stereocenters. The summed E-state index contributed by atoms with van der Waals surface area (Å²) in [5.74, 6) is 1.04. The molecule has 15 heavy (non-hydrogen) atoms. The van der Waals surface area contributed by atoms with Gasteiger partial charge in [-0.15, -0.1) is 0 Å². The molecule has 3 heteroatoms. The van der Waals surface area contributed by atoms with Gasteiger partial charge in [0, 0.05) is 12.6 Å². The Balaban J connectivity index is 2.29. The normalized spacial score (nSPS) is 15.7. The van der Waals surface area contributed by atoms with Crippen molar-refractivity contribution in [1.82, 2.24) is 10.2 Å². The smallest absolute Gasteiger partial charge is 0.236 e. The lowest BCUT2D eigenvalue weighted by atomic mass is 10.2. The van der Waals surface area contributed by atoms with E-state index in [9.17, 15) is 4.79 Å². The van der Waals surface area contributed by atoms with Crippen molar-refractivity contribution < 1.29 is 4.79 Å². The fourth-order valence-corrected chi connectivity index (χ4v) is 1.65. The van der Waals surface area contributed by atoms with Crippen molar-refractivity contribution >= 4 is 5.91 Å². The van der Waals surface area contributed by atoms with Crippen LogP contribution in [0.15, 0.2) is 0 Å². The summed E-state index contributed by atoms with van der Waals surface area (Å²) in [6.45, 7) is 8.70. The van der Waals surface area contributed by atoms with E-state index in [4.69, 9.17) is 0 Å². The van der Waals surface area contributed by atoms with E-state index in [2.05, 4.69) is 26.1 Å². The first-order chi connectivity index (χ1) is 7.15. The van der Waals surface area contributed by atoms with Crippen molar-refractivity contribution in [2.75, 3.05) is 19.6 Å². The summed E-state index contributed by atoms with van der Waals surface area (Å²) in [4.78, 5) is 13.9. The third-order valence-corrected chi connectivity index (χ3v) is 2.80. The van der Waals surface area contributed by atoms with Gasteiger partial charge in [0.25, 0.3) is 0 Å². The molecule has 0 bridgehead atoms. The minimum Gasteiger partial charge on any atom is -0.339 e. The van der Waals surface area contributed by atoms with Gasteiger partial charge in [0.1, 0.15) is 0 Å². The van der Waals surface area contributed by atoms with Gasteiger partial charge in [-0.2, -0.15) is 0 Å². The second-order valence-electron chi connectivity index (χ2n) is 4.76. The summed E-state index contributed by atoms with van der Waals surface area (Å²) in [5.41, 5.74) is 0. The molecule has 1 aliphatic rings. The highest BCUT2D eigenvalue weighted by molar-refractivity contribution is 5.78. The quantitative estimate of drug-likeness (QED) is 0.651. The van der Waals surface area contributed by atoms with Crippen molar-refractivity contribution in [3.05, 3.63) is 0 Å². The number of nitrogens with zero attached hydrogens (tertiary/aromatic N) is 1. The molecule has 1 fully saturated rings. The molecule has 0 spiro atoms. The highest BCUT2D eigenvalue weighted by atomic mass is 16.2. The number of hydrogen-bond acceptors (Lipinski definition) is 2. The molecule has 1 aliphatic carbocycles. The molecule has 0 aliphatic heterocycles. The van der Waals surface area contributed by atoms with Crippen molar-refractivity contribution in [2.45, 2.75) is 46.1 Å². The van der Waals surface area contributed by atoms with E-state index in [-0.39, 0.29) is 5.91 Å². The molecule has 1 saturated carbocycles. The molecule has 3 nitrogen and oxygen atoms in total. The van der Waals surface area contributed by atoms with Crippen LogP contribution in [0, 0.1) is 5.92 Å². The number of carbonyl (C=O) groups is 1. The van der Waals surface area contributed by atoms with Gasteiger partial charge in [0.15, 0.2) is 0 Å². The van der Waals surface area contributed by atoms with Crippen LogP contribution in [-0.4, -0.2) is 36.5 Å². The van der Waals surface area contributed by atoms with Crippen molar-refractivity contribution in [3.8, 4) is 0 Å². The summed E-state index contributed by atoms with van der Waals surface area (Å²) < 4.78 is 0. The van der Waals surface area contributed by atoms with E-state index in [1.807, 2.05) is 4.90 Å². The average Bonchev–Trinajstić information content (AvgIpc) is 2.97. The zero-order chi connectivity index (χ0) is 11.3. The first kappa shape index (κ1) is 12.5. The van der Waals surface area contributed by atoms with Crippen LogP contribution in [0.3, 0.4) is 0 Å². The average molecular weight is 212 g/mol. The minimum atomic E-state index is 0.255. The van der Waals surface area contributed by atoms with Crippen LogP contribution in [0.4, 0.5) is 0 Å². The number of hydrogen-bond donors (Lipinski definition) is 1. The molecular formula is C12H24N2O. The van der Waals surface area contributed by atoms with Gasteiger partial charge in [0.2, 0.25) is 5.91 Å². The lowest BCUT2D eigenvalue weighted by Gasteiger charge is -2.27. The topological polar surface area (TPSA) is 32.3 Å². The fourth-order valence-electron chi connectivity index (χ4n) is 1.65. The molecular weight excluding hydrogens is 188 g/mol. The molecule has 0 atom stereocenters. The Morgan fingerprint density at radius 3 is 2.60 bits per heavy atom. The van der Waals surface area contributed by atoms with E-state index in [1.165, 1.54) is 12.8 Å². The molecule has 0 heterocycles. The third-order valence-electron chi connectivity index (χ3n) is 2.80. The molecule has 1 amide bonds. The van der Waals surface area contributed by atoms with Crippen molar-refractivity contribution in [3.63, 3.8) is 0 Å². The zero-order valence-corrected chi connectivity index (χ0v) is 10.3. The Bertz CT molecular complexity index is 200. The number of amides is 1. The maximum atomic E-state index is 11.9. The van der Waals surface area contributed by atoms with Gasteiger partial charge >= 0.3 is 0 Å². The van der Waals surface area contributed by atoms with Crippen LogP contribution in [-0.2, 0) is 4.79 Å². The number of carbonyl (C=O) groups excluding carboxylic acids is 1. The molecule has 88 valence electrons. The molecule has 0 radical (unpaired) electrons. The Morgan fingerprint density at radius 1 is 1.47 bits per heavy atom. The first-order valence-electron chi connectivity index (χ1n) is 6.15. The van der Waals surface area contributed by atoms with Gasteiger partial charge < -0.3 is 10.2 Å². The van der Waals surface area contributed by atoms with Gasteiger partial charge in [-0.25, -0.2) is 0 Å². The molecule has 0 aromatic carbocycles. The maximum Gasteiger partial charge on any atom is 0.236 e. The Morgan fingerprint density at radius 2 is 2.13 bits per heavy atom. The van der Waals surface area contributed by atoms with E-state index in [1.54, 1.807) is 0 Å². The number of nitrogens with one attached hydrogen (secondary N) is 1. The van der Waals surface area contributed by atoms with Gasteiger partial charge in [-0.3, -0.25) is 4.79 Å². The molecule has 0 aromatic rings. The zero-order valence-electron chi connectivity index (χ0n) is 10.3. The Kier molecular flexibility index (Phi) is 5.09. The van der Waals surface area contributed by atoms with Crippen LogP contribution >= 0.6 is 0 Å². The number of rotatable bonds is 7. The monoisotopic (exact) mass is 212 g/mol. The lowest BCUT2D eigenvalue weighted by Crippen LogP contribution is -2.43. The van der Waals surface area contributed by atoms with E-state index < -0.39 is 0 Å². The summed E-state index contributed by atoms with van der Waals surface area (Å²) >= 11 is 0. The standard InChI is InChI=1S/C12H24N2O/c1-4-7-13-8-12(15)14(10(2)3)9-11-5-6-11/h10-11,13H,4-9H2,1-3H3. The van der Waals surface area contributed by atoms with E-state index in [0.717, 1.165) is 25.4 Å².